The Morgan fingerprint density at radius 1 is 1.06 bits per heavy atom. The van der Waals surface area contributed by atoms with Crippen molar-refractivity contribution in [2.45, 2.75) is 50.6 Å². The number of nitrogens with one attached hydrogen (secondary N) is 3. The van der Waals surface area contributed by atoms with E-state index in [1.165, 1.54) is 45.7 Å². The quantitative estimate of drug-likeness (QED) is 0.234. The third-order valence-corrected chi connectivity index (χ3v) is 8.26. The van der Waals surface area contributed by atoms with Gasteiger partial charge in [-0.1, -0.05) is 37.6 Å². The molecule has 1 amide bonds. The summed E-state index contributed by atoms with van der Waals surface area (Å²) in [6.45, 7) is 4.84. The first kappa shape index (κ1) is 25.7. The summed E-state index contributed by atoms with van der Waals surface area (Å²) in [4.78, 5) is 16.4. The highest BCUT2D eigenvalue weighted by Gasteiger charge is 2.21. The minimum absolute atomic E-state index is 0.0238. The van der Waals surface area contributed by atoms with E-state index in [4.69, 9.17) is 0 Å². The van der Waals surface area contributed by atoms with Crippen LogP contribution in [-0.2, 0) is 21.4 Å². The van der Waals surface area contributed by atoms with Gasteiger partial charge in [0.2, 0.25) is 5.91 Å². The highest BCUT2D eigenvalue weighted by molar-refractivity contribution is 7.90. The summed E-state index contributed by atoms with van der Waals surface area (Å²) in [5, 5.41) is 10.5. The van der Waals surface area contributed by atoms with Crippen molar-refractivity contribution in [3.8, 4) is 0 Å². The molecule has 0 aliphatic heterocycles. The standard InChI is InChI=1S/C27H30N4O3S2/c1-3-8-21(15-26(32)31-36(33,34)22-10-7-14-28-17-22)30-24-12-5-4-11-23(24)29-16-20-18-35-25-13-6-9-19(2)27(20)25/h4-7,9-14,17-18,21,29-30H,3,8,15-16H2,1-2H3,(H,31,32). The molecule has 1 atom stereocenters. The Kier molecular flexibility index (Phi) is 8.22. The largest absolute Gasteiger partial charge is 0.380 e. The molecular weight excluding hydrogens is 492 g/mol. The van der Waals surface area contributed by atoms with Crippen LogP contribution in [0.25, 0.3) is 10.1 Å². The zero-order chi connectivity index (χ0) is 25.5. The van der Waals surface area contributed by atoms with Crippen LogP contribution in [0.2, 0.25) is 0 Å². The van der Waals surface area contributed by atoms with Crippen molar-refractivity contribution in [1.29, 1.82) is 0 Å². The normalized spacial score (nSPS) is 12.3. The number of amides is 1. The van der Waals surface area contributed by atoms with Crippen LogP contribution in [0.1, 0.15) is 37.3 Å². The number of para-hydroxylation sites is 2. The van der Waals surface area contributed by atoms with Gasteiger partial charge in [0.25, 0.3) is 10.0 Å². The number of fused-ring (bicyclic) bond motifs is 1. The van der Waals surface area contributed by atoms with Crippen LogP contribution in [0.15, 0.2) is 77.3 Å². The molecule has 0 aliphatic carbocycles. The van der Waals surface area contributed by atoms with Gasteiger partial charge in [-0.25, -0.2) is 13.1 Å². The number of pyridine rings is 1. The summed E-state index contributed by atoms with van der Waals surface area (Å²) in [6.07, 6.45) is 4.28. The molecule has 0 radical (unpaired) electrons. The number of carbonyl (C=O) groups excluding carboxylic acids is 1. The number of carbonyl (C=O) groups is 1. The molecule has 4 aromatic rings. The third-order valence-electron chi connectivity index (χ3n) is 5.90. The summed E-state index contributed by atoms with van der Waals surface area (Å²) in [5.41, 5.74) is 4.30. The Morgan fingerprint density at radius 3 is 2.61 bits per heavy atom. The Hall–Kier alpha value is -3.43. The minimum Gasteiger partial charge on any atom is -0.380 e. The van der Waals surface area contributed by atoms with Gasteiger partial charge >= 0.3 is 0 Å². The highest BCUT2D eigenvalue weighted by Crippen LogP contribution is 2.30. The molecule has 36 heavy (non-hydrogen) atoms. The number of benzene rings is 2. The fourth-order valence-electron chi connectivity index (χ4n) is 4.20. The average molecular weight is 523 g/mol. The van der Waals surface area contributed by atoms with Gasteiger partial charge in [0.1, 0.15) is 4.90 Å². The fraction of sp³-hybridized carbons (Fsp3) is 0.259. The maximum Gasteiger partial charge on any atom is 0.265 e. The molecule has 7 nitrogen and oxygen atoms in total. The lowest BCUT2D eigenvalue weighted by molar-refractivity contribution is -0.119. The summed E-state index contributed by atoms with van der Waals surface area (Å²) < 4.78 is 28.5. The zero-order valence-corrected chi connectivity index (χ0v) is 22.0. The van der Waals surface area contributed by atoms with E-state index in [-0.39, 0.29) is 17.4 Å². The van der Waals surface area contributed by atoms with E-state index in [0.29, 0.717) is 13.0 Å². The van der Waals surface area contributed by atoms with Gasteiger partial charge in [-0.2, -0.15) is 0 Å². The molecule has 2 aromatic heterocycles. The van der Waals surface area contributed by atoms with Crippen molar-refractivity contribution in [2.24, 2.45) is 0 Å². The minimum atomic E-state index is -3.96. The number of hydrogen-bond donors (Lipinski definition) is 3. The molecule has 3 N–H and O–H groups in total. The van der Waals surface area contributed by atoms with Gasteiger partial charge in [0.15, 0.2) is 0 Å². The maximum atomic E-state index is 12.7. The topological polar surface area (TPSA) is 100 Å². The lowest BCUT2D eigenvalue weighted by Crippen LogP contribution is -2.35. The predicted octanol–water partition coefficient (Wildman–Crippen LogP) is 5.69. The highest BCUT2D eigenvalue weighted by atomic mass is 32.2. The molecule has 4 rings (SSSR count). The number of nitrogens with zero attached hydrogens (tertiary/aromatic N) is 1. The van der Waals surface area contributed by atoms with E-state index < -0.39 is 15.9 Å². The smallest absolute Gasteiger partial charge is 0.265 e. The van der Waals surface area contributed by atoms with Crippen LogP contribution in [-0.4, -0.2) is 25.4 Å². The number of sulfonamides is 1. The van der Waals surface area contributed by atoms with Crippen molar-refractivity contribution in [3.05, 3.63) is 83.5 Å². The number of anilines is 2. The van der Waals surface area contributed by atoms with Crippen molar-refractivity contribution in [2.75, 3.05) is 10.6 Å². The molecule has 0 saturated carbocycles. The first-order chi connectivity index (χ1) is 17.4. The molecule has 2 aromatic carbocycles. The molecule has 0 aliphatic rings. The van der Waals surface area contributed by atoms with E-state index in [0.717, 1.165) is 17.8 Å². The molecule has 9 heteroatoms. The second-order valence-electron chi connectivity index (χ2n) is 8.66. The van der Waals surface area contributed by atoms with E-state index in [1.54, 1.807) is 11.3 Å². The van der Waals surface area contributed by atoms with Crippen LogP contribution in [0, 0.1) is 6.92 Å². The number of rotatable bonds is 11. The van der Waals surface area contributed by atoms with Crippen molar-refractivity contribution >= 4 is 48.7 Å². The van der Waals surface area contributed by atoms with E-state index in [2.05, 4.69) is 50.8 Å². The molecular formula is C27H30N4O3S2. The SMILES string of the molecule is CCCC(CC(=O)NS(=O)(=O)c1cccnc1)Nc1ccccc1NCc1csc2cccc(C)c12. The second-order valence-corrected chi connectivity index (χ2v) is 11.3. The summed E-state index contributed by atoms with van der Waals surface area (Å²) >= 11 is 1.74. The Bertz CT molecular complexity index is 1440. The lowest BCUT2D eigenvalue weighted by atomic mass is 10.1. The van der Waals surface area contributed by atoms with E-state index in [9.17, 15) is 13.2 Å². The Labute approximate surface area is 216 Å². The van der Waals surface area contributed by atoms with Crippen LogP contribution < -0.4 is 15.4 Å². The lowest BCUT2D eigenvalue weighted by Gasteiger charge is -2.21. The average Bonchev–Trinajstić information content (AvgIpc) is 3.28. The Morgan fingerprint density at radius 2 is 1.86 bits per heavy atom. The molecule has 2 heterocycles. The first-order valence-electron chi connectivity index (χ1n) is 11.9. The van der Waals surface area contributed by atoms with Crippen LogP contribution in [0.3, 0.4) is 0 Å². The van der Waals surface area contributed by atoms with Crippen LogP contribution >= 0.6 is 11.3 Å². The third kappa shape index (κ3) is 6.22. The number of aryl methyl sites for hydroxylation is 1. The molecule has 0 saturated heterocycles. The summed E-state index contributed by atoms with van der Waals surface area (Å²) in [6, 6.07) is 16.9. The first-order valence-corrected chi connectivity index (χ1v) is 14.2. The predicted molar refractivity (Wildman–Crippen MR) is 147 cm³/mol. The van der Waals surface area contributed by atoms with Crippen LogP contribution in [0.5, 0.6) is 0 Å². The van der Waals surface area contributed by atoms with Gasteiger partial charge in [0.05, 0.1) is 11.4 Å². The molecule has 188 valence electrons. The number of thiophene rings is 1. The van der Waals surface area contributed by atoms with E-state index >= 15 is 0 Å². The summed E-state index contributed by atoms with van der Waals surface area (Å²) in [7, 11) is -3.96. The van der Waals surface area contributed by atoms with Gasteiger partial charge in [-0.3, -0.25) is 9.78 Å². The zero-order valence-electron chi connectivity index (χ0n) is 20.3. The molecule has 1 unspecified atom stereocenters. The van der Waals surface area contributed by atoms with Crippen molar-refractivity contribution < 1.29 is 13.2 Å². The molecule has 0 spiro atoms. The van der Waals surface area contributed by atoms with Crippen molar-refractivity contribution in [1.82, 2.24) is 9.71 Å². The second kappa shape index (κ2) is 11.5. The monoisotopic (exact) mass is 522 g/mol. The number of aromatic nitrogens is 1. The number of hydrogen-bond acceptors (Lipinski definition) is 7. The van der Waals surface area contributed by atoms with Gasteiger partial charge in [-0.15, -0.1) is 11.3 Å². The summed E-state index contributed by atoms with van der Waals surface area (Å²) in [5.74, 6) is -0.560. The molecule has 0 bridgehead atoms. The van der Waals surface area contributed by atoms with Crippen LogP contribution in [0.4, 0.5) is 11.4 Å². The van der Waals surface area contributed by atoms with Crippen molar-refractivity contribution in [3.63, 3.8) is 0 Å². The maximum absolute atomic E-state index is 12.7. The van der Waals surface area contributed by atoms with Gasteiger partial charge in [-0.05, 0) is 60.2 Å². The van der Waals surface area contributed by atoms with E-state index in [1.807, 2.05) is 31.2 Å². The molecule has 0 fully saturated rings. The van der Waals surface area contributed by atoms with Gasteiger partial charge < -0.3 is 10.6 Å². The van der Waals surface area contributed by atoms with Gasteiger partial charge in [0, 0.05) is 41.5 Å². The fourth-order valence-corrected chi connectivity index (χ4v) is 6.20. The Balaban J connectivity index is 1.44.